The third-order valence-electron chi connectivity index (χ3n) is 7.19. The highest BCUT2D eigenvalue weighted by molar-refractivity contribution is 6.00. The number of amides is 2. The van der Waals surface area contributed by atoms with Gasteiger partial charge < -0.3 is 26.0 Å². The number of aliphatic hydroxyl groups is 1. The lowest BCUT2D eigenvalue weighted by Gasteiger charge is -2.27. The molecule has 7 heteroatoms. The molecule has 3 rings (SSSR count). The minimum atomic E-state index is -0.765. The zero-order valence-corrected chi connectivity index (χ0v) is 24.4. The molecule has 3 atom stereocenters. The number of carbonyl (C=O) groups is 2. The molecule has 214 valence electrons. The third-order valence-corrected chi connectivity index (χ3v) is 7.19. The Balaban J connectivity index is 1.76. The van der Waals surface area contributed by atoms with Gasteiger partial charge in [0.2, 0.25) is 5.91 Å². The average Bonchev–Trinajstić information content (AvgIpc) is 3.32. The van der Waals surface area contributed by atoms with Crippen molar-refractivity contribution < 1.29 is 14.7 Å². The number of nitrogens with zero attached hydrogens (tertiary/aromatic N) is 1. The number of anilines is 2. The molecule has 1 fully saturated rings. The number of carbonyl (C=O) groups excluding carboxylic acids is 2. The van der Waals surface area contributed by atoms with E-state index in [0.717, 1.165) is 36.2 Å². The van der Waals surface area contributed by atoms with Crippen molar-refractivity contribution in [3.63, 3.8) is 0 Å². The van der Waals surface area contributed by atoms with Crippen LogP contribution in [0.25, 0.3) is 0 Å². The molecule has 0 spiro atoms. The van der Waals surface area contributed by atoms with E-state index < -0.39 is 12.1 Å². The molecule has 39 heavy (non-hydrogen) atoms. The fourth-order valence-corrected chi connectivity index (χ4v) is 5.04. The fourth-order valence-electron chi connectivity index (χ4n) is 5.04. The maximum atomic E-state index is 13.6. The van der Waals surface area contributed by atoms with Crippen LogP contribution in [0.2, 0.25) is 0 Å². The zero-order valence-electron chi connectivity index (χ0n) is 24.4. The van der Waals surface area contributed by atoms with Gasteiger partial charge in [0.05, 0.1) is 12.1 Å². The molecule has 2 aromatic rings. The molecular weight excluding hydrogens is 488 g/mol. The largest absolute Gasteiger partial charge is 0.390 e. The molecule has 2 amide bonds. The van der Waals surface area contributed by atoms with Crippen LogP contribution < -0.4 is 20.9 Å². The van der Waals surface area contributed by atoms with Crippen molar-refractivity contribution in [1.29, 1.82) is 0 Å². The lowest BCUT2D eigenvalue weighted by Crippen LogP contribution is -2.49. The molecule has 0 aromatic heterocycles. The van der Waals surface area contributed by atoms with Gasteiger partial charge in [-0.15, -0.1) is 0 Å². The van der Waals surface area contributed by atoms with Crippen LogP contribution in [0.3, 0.4) is 0 Å². The SMILES string of the molecule is CC(C)CCCC(C)NC[C@@H](O)[C@H](Cc1ccccc1)NC(=O)c1cc(NC(C)C)cc(N2CCCC2=O)c1. The Kier molecular flexibility index (Phi) is 11.8. The molecule has 0 radical (unpaired) electrons. The highest BCUT2D eigenvalue weighted by Gasteiger charge is 2.26. The molecule has 1 aliphatic rings. The number of nitrogens with one attached hydrogen (secondary N) is 3. The number of benzene rings is 2. The van der Waals surface area contributed by atoms with Gasteiger partial charge in [0.15, 0.2) is 0 Å². The van der Waals surface area contributed by atoms with Gasteiger partial charge in [0, 0.05) is 48.5 Å². The summed E-state index contributed by atoms with van der Waals surface area (Å²) in [6, 6.07) is 15.4. The van der Waals surface area contributed by atoms with E-state index in [1.807, 2.05) is 56.3 Å². The van der Waals surface area contributed by atoms with Crippen molar-refractivity contribution >= 4 is 23.2 Å². The predicted molar refractivity (Wildman–Crippen MR) is 160 cm³/mol. The summed E-state index contributed by atoms with van der Waals surface area (Å²) in [6.45, 7) is 11.7. The smallest absolute Gasteiger partial charge is 0.251 e. The quantitative estimate of drug-likeness (QED) is 0.253. The van der Waals surface area contributed by atoms with Crippen LogP contribution in [0.1, 0.15) is 82.6 Å². The molecule has 2 aromatic carbocycles. The Bertz CT molecular complexity index is 1060. The van der Waals surface area contributed by atoms with Gasteiger partial charge in [-0.3, -0.25) is 9.59 Å². The Morgan fingerprint density at radius 3 is 2.41 bits per heavy atom. The second kappa shape index (κ2) is 15.0. The number of aliphatic hydroxyl groups excluding tert-OH is 1. The second-order valence-electron chi connectivity index (χ2n) is 11.7. The van der Waals surface area contributed by atoms with Crippen molar-refractivity contribution in [2.24, 2.45) is 5.92 Å². The number of rotatable bonds is 15. The molecule has 0 aliphatic carbocycles. The van der Waals surface area contributed by atoms with E-state index in [0.29, 0.717) is 37.4 Å². The van der Waals surface area contributed by atoms with E-state index in [4.69, 9.17) is 0 Å². The van der Waals surface area contributed by atoms with E-state index >= 15 is 0 Å². The summed E-state index contributed by atoms with van der Waals surface area (Å²) in [4.78, 5) is 27.8. The normalized spacial score (nSPS) is 16.0. The third kappa shape index (κ3) is 9.97. The summed E-state index contributed by atoms with van der Waals surface area (Å²) in [5.41, 5.74) is 3.04. The Labute approximate surface area is 234 Å². The van der Waals surface area contributed by atoms with Crippen LogP contribution in [0.4, 0.5) is 11.4 Å². The molecule has 0 bridgehead atoms. The first-order valence-electron chi connectivity index (χ1n) is 14.6. The van der Waals surface area contributed by atoms with Crippen LogP contribution >= 0.6 is 0 Å². The van der Waals surface area contributed by atoms with E-state index in [-0.39, 0.29) is 23.9 Å². The standard InChI is InChI=1S/C32H48N4O3/c1-22(2)11-9-12-24(5)33-21-30(37)29(17-25-13-7-6-8-14-25)35-32(39)26-18-27(34-23(3)4)20-28(19-26)36-16-10-15-31(36)38/h6-8,13-14,18-20,22-24,29-30,33-34,37H,9-12,15-17,21H2,1-5H3,(H,35,39)/t24?,29-,30+/m0/s1. The van der Waals surface area contributed by atoms with Gasteiger partial charge in [-0.05, 0) is 69.7 Å². The van der Waals surface area contributed by atoms with E-state index in [1.54, 1.807) is 11.0 Å². The molecule has 0 saturated carbocycles. The van der Waals surface area contributed by atoms with E-state index in [9.17, 15) is 14.7 Å². The van der Waals surface area contributed by atoms with Crippen molar-refractivity contribution in [3.8, 4) is 0 Å². The summed E-state index contributed by atoms with van der Waals surface area (Å²) < 4.78 is 0. The zero-order chi connectivity index (χ0) is 28.4. The number of hydrogen-bond acceptors (Lipinski definition) is 5. The molecule has 1 aliphatic heterocycles. The van der Waals surface area contributed by atoms with Gasteiger partial charge in [-0.25, -0.2) is 0 Å². The summed E-state index contributed by atoms with van der Waals surface area (Å²) in [5, 5.41) is 21.2. The minimum Gasteiger partial charge on any atom is -0.390 e. The van der Waals surface area contributed by atoms with E-state index in [2.05, 4.69) is 36.7 Å². The molecule has 1 unspecified atom stereocenters. The first-order valence-corrected chi connectivity index (χ1v) is 14.6. The van der Waals surface area contributed by atoms with Gasteiger partial charge in [-0.2, -0.15) is 0 Å². The maximum Gasteiger partial charge on any atom is 0.251 e. The van der Waals surface area contributed by atoms with E-state index in [1.165, 1.54) is 6.42 Å². The highest BCUT2D eigenvalue weighted by Crippen LogP contribution is 2.27. The Morgan fingerprint density at radius 1 is 1.03 bits per heavy atom. The lowest BCUT2D eigenvalue weighted by molar-refractivity contribution is -0.117. The van der Waals surface area contributed by atoms with Crippen LogP contribution in [0.5, 0.6) is 0 Å². The first-order chi connectivity index (χ1) is 18.6. The molecule has 1 saturated heterocycles. The predicted octanol–water partition coefficient (Wildman–Crippen LogP) is 5.14. The van der Waals surface area contributed by atoms with Crippen LogP contribution in [-0.4, -0.2) is 54.2 Å². The highest BCUT2D eigenvalue weighted by atomic mass is 16.3. The van der Waals surface area contributed by atoms with Gasteiger partial charge in [0.1, 0.15) is 0 Å². The minimum absolute atomic E-state index is 0.0778. The monoisotopic (exact) mass is 536 g/mol. The van der Waals surface area contributed by atoms with Crippen LogP contribution in [0, 0.1) is 5.92 Å². The first kappa shape index (κ1) is 30.6. The summed E-state index contributed by atoms with van der Waals surface area (Å²) in [7, 11) is 0. The lowest BCUT2D eigenvalue weighted by atomic mass is 9.99. The maximum absolute atomic E-state index is 13.6. The summed E-state index contributed by atoms with van der Waals surface area (Å²) >= 11 is 0. The van der Waals surface area contributed by atoms with Gasteiger partial charge >= 0.3 is 0 Å². The fraction of sp³-hybridized carbons (Fsp3) is 0.562. The van der Waals surface area contributed by atoms with Gasteiger partial charge in [-0.1, -0.05) is 57.0 Å². The summed E-state index contributed by atoms with van der Waals surface area (Å²) in [6.07, 6.45) is 4.48. The molecule has 1 heterocycles. The number of hydrogen-bond donors (Lipinski definition) is 4. The average molecular weight is 537 g/mol. The van der Waals surface area contributed by atoms with Crippen molar-refractivity contribution in [1.82, 2.24) is 10.6 Å². The van der Waals surface area contributed by atoms with Gasteiger partial charge in [0.25, 0.3) is 5.91 Å². The Hall–Kier alpha value is -2.90. The van der Waals surface area contributed by atoms with Crippen molar-refractivity contribution in [2.75, 3.05) is 23.3 Å². The topological polar surface area (TPSA) is 93.7 Å². The van der Waals surface area contributed by atoms with Crippen molar-refractivity contribution in [3.05, 3.63) is 59.7 Å². The molecule has 7 nitrogen and oxygen atoms in total. The van der Waals surface area contributed by atoms with Crippen LogP contribution in [0.15, 0.2) is 48.5 Å². The van der Waals surface area contributed by atoms with Crippen molar-refractivity contribution in [2.45, 2.75) is 97.4 Å². The molecule has 4 N–H and O–H groups in total. The van der Waals surface area contributed by atoms with Crippen LogP contribution in [-0.2, 0) is 11.2 Å². The molecular formula is C32H48N4O3. The second-order valence-corrected chi connectivity index (χ2v) is 11.7. The summed E-state index contributed by atoms with van der Waals surface area (Å²) in [5.74, 6) is 0.501. The Morgan fingerprint density at radius 2 is 1.77 bits per heavy atom.